The summed E-state index contributed by atoms with van der Waals surface area (Å²) in [4.78, 5) is 20.9. The zero-order valence-corrected chi connectivity index (χ0v) is 11.6. The van der Waals surface area contributed by atoms with E-state index in [-0.39, 0.29) is 5.56 Å². The van der Waals surface area contributed by atoms with Gasteiger partial charge in [0, 0.05) is 24.7 Å². The molecule has 2 fully saturated rings. The Hall–Kier alpha value is -1.36. The molecule has 2 bridgehead atoms. The Labute approximate surface area is 113 Å². The van der Waals surface area contributed by atoms with E-state index in [0.717, 1.165) is 18.6 Å². The van der Waals surface area contributed by atoms with Gasteiger partial charge in [0.15, 0.2) is 0 Å². The van der Waals surface area contributed by atoms with E-state index in [9.17, 15) is 4.79 Å². The summed E-state index contributed by atoms with van der Waals surface area (Å²) < 4.78 is 0. The summed E-state index contributed by atoms with van der Waals surface area (Å²) in [6, 6.07) is 3.06. The molecule has 1 aromatic rings. The Morgan fingerprint density at radius 1 is 1.42 bits per heavy atom. The normalized spacial score (nSPS) is 30.5. The van der Waals surface area contributed by atoms with Crippen LogP contribution in [0.5, 0.6) is 0 Å². The first-order valence-corrected chi connectivity index (χ1v) is 7.15. The Kier molecular flexibility index (Phi) is 3.31. The molecule has 2 aliphatic rings. The number of anilines is 1. The van der Waals surface area contributed by atoms with E-state index in [2.05, 4.69) is 27.2 Å². The molecule has 2 unspecified atom stereocenters. The van der Waals surface area contributed by atoms with Gasteiger partial charge in [-0.05, 0) is 45.6 Å². The molecule has 104 valence electrons. The molecule has 2 atom stereocenters. The van der Waals surface area contributed by atoms with Crippen LogP contribution >= 0.6 is 0 Å². The number of piperidine rings is 1. The molecule has 5 nitrogen and oxygen atoms in total. The summed E-state index contributed by atoms with van der Waals surface area (Å²) in [5.41, 5.74) is -0.0848. The molecule has 3 rings (SSSR count). The molecule has 2 N–H and O–H groups in total. The second kappa shape index (κ2) is 4.96. The summed E-state index contributed by atoms with van der Waals surface area (Å²) in [6.07, 6.45) is 5.23. The maximum atomic E-state index is 11.4. The molecule has 5 heteroatoms. The minimum Gasteiger partial charge on any atom is -0.370 e. The number of H-pyrrole nitrogens is 1. The molecule has 0 saturated carbocycles. The van der Waals surface area contributed by atoms with Crippen molar-refractivity contribution in [1.82, 2.24) is 14.9 Å². The summed E-state index contributed by atoms with van der Waals surface area (Å²) in [7, 11) is 2.26. The molecule has 0 aromatic carbocycles. The number of hydrogen-bond acceptors (Lipinski definition) is 4. The highest BCUT2D eigenvalue weighted by Gasteiger charge is 2.38. The van der Waals surface area contributed by atoms with Crippen LogP contribution in [0.3, 0.4) is 0 Å². The average molecular weight is 262 g/mol. The smallest absolute Gasteiger partial charge is 0.252 e. The van der Waals surface area contributed by atoms with Crippen molar-refractivity contribution < 1.29 is 0 Å². The third kappa shape index (κ3) is 2.66. The van der Waals surface area contributed by atoms with Gasteiger partial charge in [0.2, 0.25) is 0 Å². The fraction of sp³-hybridized carbons (Fsp3) is 0.714. The van der Waals surface area contributed by atoms with Crippen LogP contribution in [-0.4, -0.2) is 40.5 Å². The van der Waals surface area contributed by atoms with Crippen LogP contribution in [0.25, 0.3) is 0 Å². The van der Waals surface area contributed by atoms with Gasteiger partial charge < -0.3 is 15.2 Å². The van der Waals surface area contributed by atoms with Crippen molar-refractivity contribution in [1.29, 1.82) is 0 Å². The Bertz CT molecular complexity index is 498. The molecular weight excluding hydrogens is 240 g/mol. The van der Waals surface area contributed by atoms with E-state index in [1.54, 1.807) is 0 Å². The van der Waals surface area contributed by atoms with Gasteiger partial charge in [0.25, 0.3) is 5.56 Å². The molecular formula is C14H22N4O. The van der Waals surface area contributed by atoms with Gasteiger partial charge >= 0.3 is 0 Å². The summed E-state index contributed by atoms with van der Waals surface area (Å²) in [5.74, 6) is 2.07. The van der Waals surface area contributed by atoms with Crippen molar-refractivity contribution in [3.05, 3.63) is 22.2 Å². The Morgan fingerprint density at radius 2 is 2.11 bits per heavy atom. The molecule has 0 radical (unpaired) electrons. The number of nitrogens with zero attached hydrogens (tertiary/aromatic N) is 2. The van der Waals surface area contributed by atoms with Crippen LogP contribution in [-0.2, 0) is 0 Å². The van der Waals surface area contributed by atoms with E-state index >= 15 is 0 Å². The zero-order valence-electron chi connectivity index (χ0n) is 11.6. The summed E-state index contributed by atoms with van der Waals surface area (Å²) >= 11 is 0. The third-order valence-corrected chi connectivity index (χ3v) is 4.63. The van der Waals surface area contributed by atoms with E-state index in [1.807, 2.05) is 6.92 Å². The molecule has 2 aliphatic heterocycles. The first-order chi connectivity index (χ1) is 9.11. The van der Waals surface area contributed by atoms with E-state index in [1.165, 1.54) is 31.7 Å². The highest BCUT2D eigenvalue weighted by molar-refractivity contribution is 5.32. The minimum absolute atomic E-state index is 0.0848. The second-order valence-corrected chi connectivity index (χ2v) is 5.98. The van der Waals surface area contributed by atoms with Gasteiger partial charge in [-0.1, -0.05) is 0 Å². The molecule has 0 amide bonds. The van der Waals surface area contributed by atoms with Crippen molar-refractivity contribution in [3.8, 4) is 0 Å². The number of rotatable bonds is 3. The van der Waals surface area contributed by atoms with Crippen molar-refractivity contribution in [2.45, 2.75) is 44.7 Å². The van der Waals surface area contributed by atoms with Crippen LogP contribution in [0.4, 0.5) is 5.82 Å². The lowest BCUT2D eigenvalue weighted by molar-refractivity contribution is 0.139. The molecule has 0 spiro atoms. The number of fused-ring (bicyclic) bond motifs is 2. The first-order valence-electron chi connectivity index (χ1n) is 7.15. The van der Waals surface area contributed by atoms with Crippen molar-refractivity contribution in [2.24, 2.45) is 5.92 Å². The van der Waals surface area contributed by atoms with E-state index < -0.39 is 0 Å². The summed E-state index contributed by atoms with van der Waals surface area (Å²) in [5, 5.41) is 3.33. The quantitative estimate of drug-likeness (QED) is 0.863. The second-order valence-electron chi connectivity index (χ2n) is 5.98. The number of aryl methyl sites for hydroxylation is 1. The molecule has 19 heavy (non-hydrogen) atoms. The van der Waals surface area contributed by atoms with E-state index in [0.29, 0.717) is 17.6 Å². The van der Waals surface area contributed by atoms with Crippen LogP contribution < -0.4 is 10.9 Å². The highest BCUT2D eigenvalue weighted by atomic mass is 16.1. The Morgan fingerprint density at radius 3 is 2.74 bits per heavy atom. The number of nitrogens with one attached hydrogen (secondary N) is 2. The first kappa shape index (κ1) is 12.7. The highest BCUT2D eigenvalue weighted by Crippen LogP contribution is 2.37. The summed E-state index contributed by atoms with van der Waals surface area (Å²) in [6.45, 7) is 2.74. The lowest BCUT2D eigenvalue weighted by Gasteiger charge is -2.36. The van der Waals surface area contributed by atoms with Crippen LogP contribution in [0.2, 0.25) is 0 Å². The topological polar surface area (TPSA) is 61.0 Å². The maximum Gasteiger partial charge on any atom is 0.252 e. The monoisotopic (exact) mass is 262 g/mol. The fourth-order valence-corrected chi connectivity index (χ4v) is 3.61. The van der Waals surface area contributed by atoms with Gasteiger partial charge in [-0.15, -0.1) is 0 Å². The molecule has 0 aliphatic carbocycles. The molecule has 1 aromatic heterocycles. The lowest BCUT2D eigenvalue weighted by Crippen LogP contribution is -2.41. The maximum absolute atomic E-state index is 11.4. The molecule has 2 saturated heterocycles. The van der Waals surface area contributed by atoms with Crippen molar-refractivity contribution in [2.75, 3.05) is 18.9 Å². The van der Waals surface area contributed by atoms with Gasteiger partial charge in [0.05, 0.1) is 0 Å². The van der Waals surface area contributed by atoms with Gasteiger partial charge in [-0.25, -0.2) is 4.98 Å². The van der Waals surface area contributed by atoms with E-state index in [4.69, 9.17) is 0 Å². The van der Waals surface area contributed by atoms with Crippen molar-refractivity contribution in [3.63, 3.8) is 0 Å². The predicted octanol–water partition coefficient (Wildman–Crippen LogP) is 1.36. The van der Waals surface area contributed by atoms with Gasteiger partial charge in [0.1, 0.15) is 11.6 Å². The largest absolute Gasteiger partial charge is 0.370 e. The minimum atomic E-state index is -0.0848. The number of hydrogen-bond donors (Lipinski definition) is 2. The van der Waals surface area contributed by atoms with Gasteiger partial charge in [-0.2, -0.15) is 0 Å². The van der Waals surface area contributed by atoms with Crippen LogP contribution in [0.15, 0.2) is 10.9 Å². The number of aromatic nitrogens is 2. The Balaban J connectivity index is 1.60. The molecule has 3 heterocycles. The lowest BCUT2D eigenvalue weighted by atomic mass is 9.91. The predicted molar refractivity (Wildman–Crippen MR) is 75.4 cm³/mol. The average Bonchev–Trinajstić information content (AvgIpc) is 2.60. The SMILES string of the molecule is Cc1nc(NCC2CC3CCC(C2)N3C)cc(=O)[nH]1. The van der Waals surface area contributed by atoms with Crippen LogP contribution in [0, 0.1) is 12.8 Å². The van der Waals surface area contributed by atoms with Gasteiger partial charge in [-0.3, -0.25) is 4.79 Å². The fourth-order valence-electron chi connectivity index (χ4n) is 3.61. The third-order valence-electron chi connectivity index (χ3n) is 4.63. The number of aromatic amines is 1. The standard InChI is InChI=1S/C14H22N4O/c1-9-16-13(7-14(19)17-9)15-8-10-5-11-3-4-12(6-10)18(11)2/h7,10-12H,3-6,8H2,1-2H3,(H2,15,16,17,19). The zero-order chi connectivity index (χ0) is 13.4. The van der Waals surface area contributed by atoms with Crippen LogP contribution in [0.1, 0.15) is 31.5 Å². The van der Waals surface area contributed by atoms with Crippen molar-refractivity contribution >= 4 is 5.82 Å².